The Morgan fingerprint density at radius 3 is 2.06 bits per heavy atom. The summed E-state index contributed by atoms with van der Waals surface area (Å²) in [5, 5.41) is 0. The Morgan fingerprint density at radius 1 is 0.889 bits per heavy atom. The zero-order valence-corrected chi connectivity index (χ0v) is 14.3. The average Bonchev–Trinajstić information content (AvgIpc) is 2.38. The molecule has 0 N–H and O–H groups in total. The van der Waals surface area contributed by atoms with Crippen LogP contribution in [0.25, 0.3) is 0 Å². The number of hydrogen-bond acceptors (Lipinski definition) is 0. The summed E-state index contributed by atoms with van der Waals surface area (Å²) in [6.45, 7) is 4.44. The van der Waals surface area contributed by atoms with Gasteiger partial charge in [-0.25, -0.2) is 0 Å². The van der Waals surface area contributed by atoms with Crippen LogP contribution in [0.5, 0.6) is 0 Å². The van der Waals surface area contributed by atoms with Crippen LogP contribution in [0, 0.1) is 3.57 Å². The van der Waals surface area contributed by atoms with Gasteiger partial charge in [0.2, 0.25) is 0 Å². The molecule has 0 fully saturated rings. The summed E-state index contributed by atoms with van der Waals surface area (Å²) in [5.41, 5.74) is 4.00. The molecule has 0 nitrogen and oxygen atoms in total. The SMILES string of the molecule is CC(C)c1ccc(C(Br)c2cccc(I)c2)cc1. The van der Waals surface area contributed by atoms with Crippen LogP contribution in [0.3, 0.4) is 0 Å². The number of hydrogen-bond donors (Lipinski definition) is 0. The molecule has 2 aromatic carbocycles. The predicted octanol–water partition coefficient (Wildman–Crippen LogP) is 5.90. The first-order valence-corrected chi connectivity index (χ1v) is 8.07. The van der Waals surface area contributed by atoms with Crippen molar-refractivity contribution in [2.75, 3.05) is 0 Å². The maximum Gasteiger partial charge on any atom is 0.0645 e. The molecule has 0 aliphatic carbocycles. The summed E-state index contributed by atoms with van der Waals surface area (Å²) >= 11 is 6.14. The topological polar surface area (TPSA) is 0 Å². The molecule has 94 valence electrons. The lowest BCUT2D eigenvalue weighted by Gasteiger charge is -2.13. The Labute approximate surface area is 131 Å². The van der Waals surface area contributed by atoms with Crippen LogP contribution >= 0.6 is 38.5 Å². The minimum atomic E-state index is 0.272. The zero-order chi connectivity index (χ0) is 13.1. The number of rotatable bonds is 3. The average molecular weight is 415 g/mol. The first-order chi connectivity index (χ1) is 8.58. The molecule has 1 atom stereocenters. The van der Waals surface area contributed by atoms with Crippen LogP contribution in [0.2, 0.25) is 0 Å². The van der Waals surface area contributed by atoms with Gasteiger partial charge in [-0.15, -0.1) is 0 Å². The Bertz CT molecular complexity index is 517. The van der Waals surface area contributed by atoms with Crippen molar-refractivity contribution >= 4 is 38.5 Å². The van der Waals surface area contributed by atoms with Crippen molar-refractivity contribution < 1.29 is 0 Å². The van der Waals surface area contributed by atoms with E-state index in [9.17, 15) is 0 Å². The van der Waals surface area contributed by atoms with Crippen molar-refractivity contribution in [2.45, 2.75) is 24.6 Å². The summed E-state index contributed by atoms with van der Waals surface area (Å²) in [6.07, 6.45) is 0. The second-order valence-electron chi connectivity index (χ2n) is 4.74. The van der Waals surface area contributed by atoms with Gasteiger partial charge < -0.3 is 0 Å². The summed E-state index contributed by atoms with van der Waals surface area (Å²) < 4.78 is 1.27. The molecular weight excluding hydrogens is 399 g/mol. The molecule has 2 heteroatoms. The number of halogens is 2. The van der Waals surface area contributed by atoms with Crippen molar-refractivity contribution in [3.63, 3.8) is 0 Å². The van der Waals surface area contributed by atoms with Gasteiger partial charge in [-0.2, -0.15) is 0 Å². The lowest BCUT2D eigenvalue weighted by Crippen LogP contribution is -1.94. The molecule has 0 bridgehead atoms. The maximum atomic E-state index is 3.79. The van der Waals surface area contributed by atoms with Crippen LogP contribution in [-0.4, -0.2) is 0 Å². The standard InChI is InChI=1S/C16H16BrI/c1-11(2)12-6-8-13(9-7-12)16(17)14-4-3-5-15(18)10-14/h3-11,16H,1-2H3. The molecule has 18 heavy (non-hydrogen) atoms. The molecule has 0 aromatic heterocycles. The molecule has 0 aliphatic heterocycles. The van der Waals surface area contributed by atoms with Crippen molar-refractivity contribution in [2.24, 2.45) is 0 Å². The van der Waals surface area contributed by atoms with E-state index in [1.54, 1.807) is 0 Å². The van der Waals surface area contributed by atoms with E-state index < -0.39 is 0 Å². The molecular formula is C16H16BrI. The third-order valence-corrected chi connectivity index (χ3v) is 4.77. The highest BCUT2D eigenvalue weighted by Gasteiger charge is 2.10. The minimum Gasteiger partial charge on any atom is -0.0786 e. The molecule has 0 heterocycles. The maximum absolute atomic E-state index is 3.79. The molecule has 0 radical (unpaired) electrons. The number of benzene rings is 2. The largest absolute Gasteiger partial charge is 0.0786 e. The van der Waals surface area contributed by atoms with Crippen LogP contribution in [0.1, 0.15) is 41.3 Å². The molecule has 0 aliphatic rings. The highest BCUT2D eigenvalue weighted by Crippen LogP contribution is 2.32. The Hall–Kier alpha value is -0.350. The van der Waals surface area contributed by atoms with Crippen LogP contribution in [0.4, 0.5) is 0 Å². The van der Waals surface area contributed by atoms with E-state index in [0.29, 0.717) is 5.92 Å². The van der Waals surface area contributed by atoms with E-state index in [1.165, 1.54) is 20.3 Å². The first kappa shape index (κ1) is 14.1. The lowest BCUT2D eigenvalue weighted by molar-refractivity contribution is 0.865. The van der Waals surface area contributed by atoms with E-state index in [1.807, 2.05) is 0 Å². The van der Waals surface area contributed by atoms with E-state index in [-0.39, 0.29) is 4.83 Å². The summed E-state index contributed by atoms with van der Waals surface area (Å²) in [6, 6.07) is 17.5. The van der Waals surface area contributed by atoms with Gasteiger partial charge in [0.15, 0.2) is 0 Å². The molecule has 1 unspecified atom stereocenters. The Morgan fingerprint density at radius 2 is 1.50 bits per heavy atom. The van der Waals surface area contributed by atoms with Gasteiger partial charge in [-0.3, -0.25) is 0 Å². The minimum absolute atomic E-state index is 0.272. The molecule has 0 saturated carbocycles. The summed E-state index contributed by atoms with van der Waals surface area (Å²) in [7, 11) is 0. The molecule has 2 aromatic rings. The van der Waals surface area contributed by atoms with Gasteiger partial charge in [-0.05, 0) is 57.3 Å². The van der Waals surface area contributed by atoms with E-state index in [0.717, 1.165) is 0 Å². The molecule has 0 amide bonds. The van der Waals surface area contributed by atoms with E-state index >= 15 is 0 Å². The highest BCUT2D eigenvalue weighted by atomic mass is 127. The van der Waals surface area contributed by atoms with Crippen molar-refractivity contribution in [3.8, 4) is 0 Å². The predicted molar refractivity (Wildman–Crippen MR) is 90.5 cm³/mol. The van der Waals surface area contributed by atoms with Crippen LogP contribution in [-0.2, 0) is 0 Å². The van der Waals surface area contributed by atoms with Gasteiger partial charge >= 0.3 is 0 Å². The second-order valence-corrected chi connectivity index (χ2v) is 6.90. The third-order valence-electron chi connectivity index (χ3n) is 3.04. The molecule has 0 saturated heterocycles. The first-order valence-electron chi connectivity index (χ1n) is 6.07. The fourth-order valence-corrected chi connectivity index (χ4v) is 3.06. The smallest absolute Gasteiger partial charge is 0.0645 e. The van der Waals surface area contributed by atoms with E-state index in [2.05, 4.69) is 101 Å². The van der Waals surface area contributed by atoms with Gasteiger partial charge in [0.1, 0.15) is 0 Å². The van der Waals surface area contributed by atoms with Crippen molar-refractivity contribution in [3.05, 3.63) is 68.8 Å². The second kappa shape index (κ2) is 6.20. The van der Waals surface area contributed by atoms with Gasteiger partial charge in [-0.1, -0.05) is 66.2 Å². The molecule has 2 rings (SSSR count). The normalized spacial score (nSPS) is 12.7. The van der Waals surface area contributed by atoms with E-state index in [4.69, 9.17) is 0 Å². The third kappa shape index (κ3) is 3.35. The quantitative estimate of drug-likeness (QED) is 0.433. The summed E-state index contributed by atoms with van der Waals surface area (Å²) in [4.78, 5) is 0.272. The highest BCUT2D eigenvalue weighted by molar-refractivity contribution is 14.1. The van der Waals surface area contributed by atoms with Crippen LogP contribution in [0.15, 0.2) is 48.5 Å². The monoisotopic (exact) mass is 414 g/mol. The summed E-state index contributed by atoms with van der Waals surface area (Å²) in [5.74, 6) is 0.588. The number of alkyl halides is 1. The van der Waals surface area contributed by atoms with Crippen molar-refractivity contribution in [1.29, 1.82) is 0 Å². The van der Waals surface area contributed by atoms with Gasteiger partial charge in [0.25, 0.3) is 0 Å². The van der Waals surface area contributed by atoms with Crippen molar-refractivity contribution in [1.82, 2.24) is 0 Å². The molecule has 0 spiro atoms. The Balaban J connectivity index is 2.26. The fourth-order valence-electron chi connectivity index (χ4n) is 1.91. The lowest BCUT2D eigenvalue weighted by atomic mass is 9.99. The van der Waals surface area contributed by atoms with Gasteiger partial charge in [0.05, 0.1) is 4.83 Å². The fraction of sp³-hybridized carbons (Fsp3) is 0.250. The Kier molecular flexibility index (Phi) is 4.84. The van der Waals surface area contributed by atoms with Gasteiger partial charge in [0, 0.05) is 3.57 Å². The van der Waals surface area contributed by atoms with Crippen LogP contribution < -0.4 is 0 Å². The zero-order valence-electron chi connectivity index (χ0n) is 10.5.